The number of nitrogens with one attached hydrogen (secondary N) is 1. The topological polar surface area (TPSA) is 58.6 Å². The number of hydrogen-bond acceptors (Lipinski definition) is 3. The van der Waals surface area contributed by atoms with E-state index in [0.717, 1.165) is 11.1 Å². The third-order valence-corrected chi connectivity index (χ3v) is 4.60. The van der Waals surface area contributed by atoms with Crippen LogP contribution in [-0.4, -0.2) is 43.0 Å². The predicted molar refractivity (Wildman–Crippen MR) is 111 cm³/mol. The first kappa shape index (κ1) is 22.6. The van der Waals surface area contributed by atoms with Gasteiger partial charge in [-0.25, -0.2) is 4.39 Å². The van der Waals surface area contributed by atoms with Crippen LogP contribution in [0.1, 0.15) is 25.0 Å². The van der Waals surface area contributed by atoms with Gasteiger partial charge in [-0.05, 0) is 23.3 Å². The number of benzene rings is 2. The molecule has 2 amide bonds. The summed E-state index contributed by atoms with van der Waals surface area (Å²) in [7, 11) is 1.57. The Balaban J connectivity index is 2.33. The number of halogens is 1. The minimum Gasteiger partial charge on any atom is -0.383 e. The number of ether oxygens (including phenoxy) is 1. The molecule has 156 valence electrons. The van der Waals surface area contributed by atoms with Crippen LogP contribution < -0.4 is 5.32 Å². The fraction of sp³-hybridized carbons (Fsp3) is 0.391. The first-order valence-electron chi connectivity index (χ1n) is 9.78. The summed E-state index contributed by atoms with van der Waals surface area (Å²) in [6, 6.07) is 14.9. The zero-order valence-electron chi connectivity index (χ0n) is 17.2. The van der Waals surface area contributed by atoms with Gasteiger partial charge in [-0.3, -0.25) is 9.59 Å². The Kier molecular flexibility index (Phi) is 8.80. The first-order valence-corrected chi connectivity index (χ1v) is 9.78. The molecule has 1 N–H and O–H groups in total. The average molecular weight is 400 g/mol. The standard InChI is InChI=1S/C23H29FN2O3/c1-17(2)23(28)26(16-19-9-11-20(24)12-10-19)21(22(27)25-13-14-29-3)15-18-7-5-4-6-8-18/h4-12,17,21H,13-16H2,1-3H3,(H,25,27). The van der Waals surface area contributed by atoms with Crippen molar-refractivity contribution in [2.24, 2.45) is 5.92 Å². The lowest BCUT2D eigenvalue weighted by atomic mass is 10.0. The maximum atomic E-state index is 13.3. The molecule has 0 aromatic heterocycles. The molecule has 6 heteroatoms. The molecule has 1 atom stereocenters. The number of nitrogens with zero attached hydrogens (tertiary/aromatic N) is 1. The van der Waals surface area contributed by atoms with Crippen molar-refractivity contribution in [3.63, 3.8) is 0 Å². The van der Waals surface area contributed by atoms with Crippen molar-refractivity contribution in [1.29, 1.82) is 0 Å². The van der Waals surface area contributed by atoms with Gasteiger partial charge in [0.25, 0.3) is 0 Å². The van der Waals surface area contributed by atoms with Crippen molar-refractivity contribution in [3.8, 4) is 0 Å². The van der Waals surface area contributed by atoms with Gasteiger partial charge in [0.1, 0.15) is 11.9 Å². The van der Waals surface area contributed by atoms with Gasteiger partial charge in [0.15, 0.2) is 0 Å². The van der Waals surface area contributed by atoms with Crippen molar-refractivity contribution in [1.82, 2.24) is 10.2 Å². The number of carbonyl (C=O) groups is 2. The quantitative estimate of drug-likeness (QED) is 0.623. The lowest BCUT2D eigenvalue weighted by Crippen LogP contribution is -2.52. The highest BCUT2D eigenvalue weighted by atomic mass is 19.1. The molecule has 0 heterocycles. The van der Waals surface area contributed by atoms with Crippen LogP contribution >= 0.6 is 0 Å². The molecule has 0 saturated heterocycles. The van der Waals surface area contributed by atoms with Crippen LogP contribution in [0.25, 0.3) is 0 Å². The van der Waals surface area contributed by atoms with Gasteiger partial charge in [-0.1, -0.05) is 56.3 Å². The van der Waals surface area contributed by atoms with Gasteiger partial charge in [-0.2, -0.15) is 0 Å². The van der Waals surface area contributed by atoms with E-state index >= 15 is 0 Å². The van der Waals surface area contributed by atoms with Crippen LogP contribution in [0.4, 0.5) is 4.39 Å². The molecule has 5 nitrogen and oxygen atoms in total. The third-order valence-electron chi connectivity index (χ3n) is 4.60. The van der Waals surface area contributed by atoms with Crippen LogP contribution in [0.3, 0.4) is 0 Å². The third kappa shape index (κ3) is 6.98. The largest absolute Gasteiger partial charge is 0.383 e. The highest BCUT2D eigenvalue weighted by molar-refractivity contribution is 5.88. The molecule has 0 fully saturated rings. The SMILES string of the molecule is COCCNC(=O)C(Cc1ccccc1)N(Cc1ccc(F)cc1)C(=O)C(C)C. The lowest BCUT2D eigenvalue weighted by Gasteiger charge is -2.32. The van der Waals surface area contributed by atoms with E-state index < -0.39 is 6.04 Å². The van der Waals surface area contributed by atoms with Crippen LogP contribution in [-0.2, 0) is 27.3 Å². The van der Waals surface area contributed by atoms with Crippen LogP contribution in [0.5, 0.6) is 0 Å². The van der Waals surface area contributed by atoms with E-state index in [-0.39, 0.29) is 30.1 Å². The summed E-state index contributed by atoms with van der Waals surface area (Å²) in [6.07, 6.45) is 0.388. The van der Waals surface area contributed by atoms with Crippen molar-refractivity contribution in [2.45, 2.75) is 32.9 Å². The number of carbonyl (C=O) groups excluding carboxylic acids is 2. The minimum absolute atomic E-state index is 0.128. The molecule has 0 bridgehead atoms. The molecular weight excluding hydrogens is 371 g/mol. The Hall–Kier alpha value is -2.73. The van der Waals surface area contributed by atoms with E-state index in [1.165, 1.54) is 12.1 Å². The maximum Gasteiger partial charge on any atom is 0.243 e. The first-order chi connectivity index (χ1) is 13.9. The van der Waals surface area contributed by atoms with E-state index in [0.29, 0.717) is 19.6 Å². The van der Waals surface area contributed by atoms with Gasteiger partial charge in [0.05, 0.1) is 6.61 Å². The second-order valence-corrected chi connectivity index (χ2v) is 7.24. The van der Waals surface area contributed by atoms with Crippen LogP contribution in [0.15, 0.2) is 54.6 Å². The zero-order chi connectivity index (χ0) is 21.2. The number of rotatable bonds is 10. The van der Waals surface area contributed by atoms with Crippen molar-refractivity contribution in [2.75, 3.05) is 20.3 Å². The summed E-state index contributed by atoms with van der Waals surface area (Å²) in [6.45, 7) is 4.60. The van der Waals surface area contributed by atoms with Gasteiger partial charge >= 0.3 is 0 Å². The van der Waals surface area contributed by atoms with Crippen molar-refractivity contribution >= 4 is 11.8 Å². The van der Waals surface area contributed by atoms with Crippen LogP contribution in [0, 0.1) is 11.7 Å². The smallest absolute Gasteiger partial charge is 0.243 e. The lowest BCUT2D eigenvalue weighted by molar-refractivity contribution is -0.143. The zero-order valence-corrected chi connectivity index (χ0v) is 17.2. The fourth-order valence-electron chi connectivity index (χ4n) is 3.04. The summed E-state index contributed by atoms with van der Waals surface area (Å²) < 4.78 is 18.3. The molecule has 29 heavy (non-hydrogen) atoms. The van der Waals surface area contributed by atoms with Gasteiger partial charge in [-0.15, -0.1) is 0 Å². The van der Waals surface area contributed by atoms with E-state index in [9.17, 15) is 14.0 Å². The molecule has 0 aliphatic rings. The summed E-state index contributed by atoms with van der Waals surface area (Å²) in [5, 5.41) is 2.86. The summed E-state index contributed by atoms with van der Waals surface area (Å²) in [4.78, 5) is 27.6. The Morgan fingerprint density at radius 1 is 1.03 bits per heavy atom. The Morgan fingerprint density at radius 2 is 1.69 bits per heavy atom. The van der Waals surface area contributed by atoms with E-state index in [4.69, 9.17) is 4.74 Å². The maximum absolute atomic E-state index is 13.3. The monoisotopic (exact) mass is 400 g/mol. The highest BCUT2D eigenvalue weighted by Crippen LogP contribution is 2.17. The molecule has 0 spiro atoms. The summed E-state index contributed by atoms with van der Waals surface area (Å²) >= 11 is 0. The second-order valence-electron chi connectivity index (χ2n) is 7.24. The molecular formula is C23H29FN2O3. The summed E-state index contributed by atoms with van der Waals surface area (Å²) in [5.41, 5.74) is 1.73. The van der Waals surface area contributed by atoms with Crippen LogP contribution in [0.2, 0.25) is 0 Å². The molecule has 0 radical (unpaired) electrons. The van der Waals surface area contributed by atoms with E-state index in [1.807, 2.05) is 44.2 Å². The van der Waals surface area contributed by atoms with Gasteiger partial charge < -0.3 is 15.0 Å². The van der Waals surface area contributed by atoms with Gasteiger partial charge in [0, 0.05) is 32.5 Å². The molecule has 2 rings (SSSR count). The minimum atomic E-state index is -0.686. The molecule has 0 saturated carbocycles. The average Bonchev–Trinajstić information content (AvgIpc) is 2.72. The normalized spacial score (nSPS) is 11.9. The molecule has 2 aromatic carbocycles. The molecule has 0 aliphatic heterocycles. The molecule has 2 aromatic rings. The number of amides is 2. The van der Waals surface area contributed by atoms with Crippen molar-refractivity contribution in [3.05, 3.63) is 71.5 Å². The Labute approximate surface area is 171 Å². The summed E-state index contributed by atoms with van der Waals surface area (Å²) in [5.74, 6) is -0.978. The second kappa shape index (κ2) is 11.3. The Bertz CT molecular complexity index is 778. The van der Waals surface area contributed by atoms with Gasteiger partial charge in [0.2, 0.25) is 11.8 Å². The highest BCUT2D eigenvalue weighted by Gasteiger charge is 2.31. The Morgan fingerprint density at radius 3 is 2.28 bits per heavy atom. The fourth-order valence-corrected chi connectivity index (χ4v) is 3.04. The van der Waals surface area contributed by atoms with E-state index in [1.54, 1.807) is 24.1 Å². The number of methoxy groups -OCH3 is 1. The molecule has 1 unspecified atom stereocenters. The number of hydrogen-bond donors (Lipinski definition) is 1. The van der Waals surface area contributed by atoms with E-state index in [2.05, 4.69) is 5.32 Å². The molecule has 0 aliphatic carbocycles. The van der Waals surface area contributed by atoms with Crippen molar-refractivity contribution < 1.29 is 18.7 Å². The predicted octanol–water partition coefficient (Wildman–Crippen LogP) is 3.18.